The van der Waals surface area contributed by atoms with E-state index in [9.17, 15) is 4.79 Å². The Hall–Kier alpha value is -2.53. The Morgan fingerprint density at radius 1 is 0.923 bits per heavy atom. The van der Waals surface area contributed by atoms with Gasteiger partial charge in [0.05, 0.1) is 6.61 Å². The molecule has 2 rings (SSSR count). The van der Waals surface area contributed by atoms with E-state index in [0.717, 1.165) is 11.3 Å². The van der Waals surface area contributed by atoms with Gasteiger partial charge in [-0.2, -0.15) is 0 Å². The summed E-state index contributed by atoms with van der Waals surface area (Å²) in [5, 5.41) is 2.85. The maximum Gasteiger partial charge on any atom is 0.258 e. The van der Waals surface area contributed by atoms with Crippen molar-refractivity contribution in [2.75, 3.05) is 26.9 Å². The van der Waals surface area contributed by atoms with Crippen molar-refractivity contribution >= 4 is 5.91 Å². The second kappa shape index (κ2) is 10.5. The molecule has 0 saturated heterocycles. The third kappa shape index (κ3) is 6.76. The first-order valence-corrected chi connectivity index (χ1v) is 8.78. The normalized spacial score (nSPS) is 10.6. The number of hydrogen-bond donors (Lipinski definition) is 1. The summed E-state index contributed by atoms with van der Waals surface area (Å²) in [6, 6.07) is 15.4. The van der Waals surface area contributed by atoms with Gasteiger partial charge in [-0.25, -0.2) is 0 Å². The van der Waals surface area contributed by atoms with Gasteiger partial charge < -0.3 is 19.5 Å². The van der Waals surface area contributed by atoms with Crippen molar-refractivity contribution in [3.63, 3.8) is 0 Å². The average Bonchev–Trinajstić information content (AvgIpc) is 2.66. The molecule has 0 aliphatic rings. The van der Waals surface area contributed by atoms with E-state index in [-0.39, 0.29) is 12.5 Å². The zero-order valence-corrected chi connectivity index (χ0v) is 15.7. The summed E-state index contributed by atoms with van der Waals surface area (Å²) < 4.78 is 16.0. The van der Waals surface area contributed by atoms with Crippen LogP contribution in [0.3, 0.4) is 0 Å². The summed E-state index contributed by atoms with van der Waals surface area (Å²) in [7, 11) is 1.64. The first-order chi connectivity index (χ1) is 12.6. The lowest BCUT2D eigenvalue weighted by molar-refractivity contribution is -0.123. The number of benzene rings is 2. The maximum absolute atomic E-state index is 11.9. The van der Waals surface area contributed by atoms with Crippen LogP contribution in [0.15, 0.2) is 48.5 Å². The molecule has 1 amide bonds. The van der Waals surface area contributed by atoms with Gasteiger partial charge in [0.1, 0.15) is 18.1 Å². The van der Waals surface area contributed by atoms with Gasteiger partial charge in [0.2, 0.25) is 0 Å². The number of carbonyl (C=O) groups is 1. The van der Waals surface area contributed by atoms with Crippen molar-refractivity contribution in [1.82, 2.24) is 5.32 Å². The van der Waals surface area contributed by atoms with Crippen LogP contribution in [-0.2, 0) is 16.1 Å². The van der Waals surface area contributed by atoms with Gasteiger partial charge in [-0.3, -0.25) is 4.79 Å². The lowest BCUT2D eigenvalue weighted by Gasteiger charge is -2.10. The second-order valence-corrected chi connectivity index (χ2v) is 6.27. The van der Waals surface area contributed by atoms with E-state index in [4.69, 9.17) is 14.2 Å². The zero-order chi connectivity index (χ0) is 18.8. The fourth-order valence-corrected chi connectivity index (χ4v) is 2.30. The van der Waals surface area contributed by atoms with Crippen LogP contribution in [-0.4, -0.2) is 32.8 Å². The van der Waals surface area contributed by atoms with Crippen LogP contribution < -0.4 is 14.8 Å². The van der Waals surface area contributed by atoms with Crippen LogP contribution in [0.2, 0.25) is 0 Å². The van der Waals surface area contributed by atoms with E-state index in [2.05, 4.69) is 19.2 Å². The number of hydrogen-bond acceptors (Lipinski definition) is 4. The van der Waals surface area contributed by atoms with Crippen LogP contribution in [0.25, 0.3) is 0 Å². The van der Waals surface area contributed by atoms with Crippen LogP contribution in [0.1, 0.15) is 30.9 Å². The molecule has 5 nitrogen and oxygen atoms in total. The maximum atomic E-state index is 11.9. The predicted octanol–water partition coefficient (Wildman–Crippen LogP) is 3.53. The summed E-state index contributed by atoms with van der Waals surface area (Å²) in [4.78, 5) is 11.9. The third-order valence-corrected chi connectivity index (χ3v) is 3.89. The van der Waals surface area contributed by atoms with Gasteiger partial charge in [-0.1, -0.05) is 38.1 Å². The number of nitrogens with one attached hydrogen (secondary N) is 1. The largest absolute Gasteiger partial charge is 0.491 e. The summed E-state index contributed by atoms with van der Waals surface area (Å²) >= 11 is 0. The molecular formula is C21H27NO4. The zero-order valence-electron chi connectivity index (χ0n) is 15.7. The van der Waals surface area contributed by atoms with Crippen LogP contribution in [0, 0.1) is 0 Å². The van der Waals surface area contributed by atoms with E-state index in [0.29, 0.717) is 31.4 Å². The highest BCUT2D eigenvalue weighted by molar-refractivity contribution is 5.77. The molecule has 0 atom stereocenters. The SMILES string of the molecule is COCCOc1ccc(CNC(=O)COc2ccc(C(C)C)cc2)cc1. The van der Waals surface area contributed by atoms with Crippen molar-refractivity contribution < 1.29 is 19.0 Å². The molecule has 0 spiro atoms. The van der Waals surface area contributed by atoms with Crippen molar-refractivity contribution in [1.29, 1.82) is 0 Å². The number of amides is 1. The lowest BCUT2D eigenvalue weighted by Crippen LogP contribution is -2.28. The van der Waals surface area contributed by atoms with E-state index in [1.807, 2.05) is 48.5 Å². The van der Waals surface area contributed by atoms with Gasteiger partial charge in [0, 0.05) is 13.7 Å². The average molecular weight is 357 g/mol. The van der Waals surface area contributed by atoms with Crippen molar-refractivity contribution in [2.45, 2.75) is 26.3 Å². The van der Waals surface area contributed by atoms with Gasteiger partial charge in [0.25, 0.3) is 5.91 Å². The van der Waals surface area contributed by atoms with Crippen LogP contribution in [0.5, 0.6) is 11.5 Å². The Bertz CT molecular complexity index is 665. The number of rotatable bonds is 10. The minimum Gasteiger partial charge on any atom is -0.491 e. The quantitative estimate of drug-likeness (QED) is 0.661. The Kier molecular flexibility index (Phi) is 7.96. The predicted molar refractivity (Wildman–Crippen MR) is 102 cm³/mol. The molecule has 26 heavy (non-hydrogen) atoms. The molecule has 0 unspecified atom stereocenters. The summed E-state index contributed by atoms with van der Waals surface area (Å²) in [6.45, 7) is 5.80. The molecule has 0 radical (unpaired) electrons. The Labute approximate surface area is 155 Å². The van der Waals surface area contributed by atoms with Gasteiger partial charge >= 0.3 is 0 Å². The molecule has 0 fully saturated rings. The highest BCUT2D eigenvalue weighted by Crippen LogP contribution is 2.18. The van der Waals surface area contributed by atoms with Crippen LogP contribution in [0.4, 0.5) is 0 Å². The minimum atomic E-state index is -0.154. The molecular weight excluding hydrogens is 330 g/mol. The smallest absolute Gasteiger partial charge is 0.258 e. The summed E-state index contributed by atoms with van der Waals surface area (Å²) in [5.74, 6) is 1.80. The molecule has 2 aromatic carbocycles. The molecule has 0 aromatic heterocycles. The monoisotopic (exact) mass is 357 g/mol. The van der Waals surface area contributed by atoms with Gasteiger partial charge in [-0.05, 0) is 41.3 Å². The Balaban J connectivity index is 1.71. The molecule has 1 N–H and O–H groups in total. The second-order valence-electron chi connectivity index (χ2n) is 6.27. The topological polar surface area (TPSA) is 56.8 Å². The molecule has 0 bridgehead atoms. The lowest BCUT2D eigenvalue weighted by atomic mass is 10.0. The number of methoxy groups -OCH3 is 1. The molecule has 5 heteroatoms. The first-order valence-electron chi connectivity index (χ1n) is 8.78. The molecule has 0 aliphatic carbocycles. The van der Waals surface area contributed by atoms with Crippen molar-refractivity contribution in [3.8, 4) is 11.5 Å². The molecule has 140 valence electrons. The van der Waals surface area contributed by atoms with E-state index in [1.54, 1.807) is 7.11 Å². The summed E-state index contributed by atoms with van der Waals surface area (Å²) in [5.41, 5.74) is 2.25. The summed E-state index contributed by atoms with van der Waals surface area (Å²) in [6.07, 6.45) is 0. The highest BCUT2D eigenvalue weighted by Gasteiger charge is 2.04. The highest BCUT2D eigenvalue weighted by atomic mass is 16.5. The van der Waals surface area contributed by atoms with E-state index in [1.165, 1.54) is 5.56 Å². The minimum absolute atomic E-state index is 0.000756. The molecule has 0 aliphatic heterocycles. The number of carbonyl (C=O) groups excluding carboxylic acids is 1. The van der Waals surface area contributed by atoms with Crippen LogP contribution >= 0.6 is 0 Å². The standard InChI is InChI=1S/C21H27NO4/c1-16(2)18-6-10-20(11-7-18)26-15-21(23)22-14-17-4-8-19(9-5-17)25-13-12-24-3/h4-11,16H,12-15H2,1-3H3,(H,22,23). The van der Waals surface area contributed by atoms with Crippen molar-refractivity contribution in [3.05, 3.63) is 59.7 Å². The van der Waals surface area contributed by atoms with E-state index < -0.39 is 0 Å². The first kappa shape index (κ1) is 19.8. The molecule has 0 heterocycles. The fraction of sp³-hybridized carbons (Fsp3) is 0.381. The third-order valence-electron chi connectivity index (χ3n) is 3.89. The van der Waals surface area contributed by atoms with Gasteiger partial charge in [-0.15, -0.1) is 0 Å². The fourth-order valence-electron chi connectivity index (χ4n) is 2.30. The Morgan fingerprint density at radius 3 is 2.15 bits per heavy atom. The molecule has 0 saturated carbocycles. The van der Waals surface area contributed by atoms with E-state index >= 15 is 0 Å². The van der Waals surface area contributed by atoms with Gasteiger partial charge in [0.15, 0.2) is 6.61 Å². The number of ether oxygens (including phenoxy) is 3. The Morgan fingerprint density at radius 2 is 1.54 bits per heavy atom. The van der Waals surface area contributed by atoms with Crippen molar-refractivity contribution in [2.24, 2.45) is 0 Å². The molecule has 2 aromatic rings.